The Morgan fingerprint density at radius 2 is 1.87 bits per heavy atom. The van der Waals surface area contributed by atoms with Crippen LogP contribution in [0.3, 0.4) is 0 Å². The first-order valence-electron chi connectivity index (χ1n) is 6.25. The van der Waals surface area contributed by atoms with E-state index in [1.165, 1.54) is 38.5 Å². The van der Waals surface area contributed by atoms with Gasteiger partial charge >= 0.3 is 0 Å². The zero-order valence-electron chi connectivity index (χ0n) is 9.71. The normalized spacial score (nSPS) is 34.2. The van der Waals surface area contributed by atoms with Crippen LogP contribution in [0, 0.1) is 0 Å². The number of nitrogens with one attached hydrogen (secondary N) is 1. The van der Waals surface area contributed by atoms with Gasteiger partial charge in [0.25, 0.3) is 0 Å². The molecule has 2 unspecified atom stereocenters. The highest BCUT2D eigenvalue weighted by molar-refractivity contribution is 4.82. The second-order valence-electron chi connectivity index (χ2n) is 4.77. The van der Waals surface area contributed by atoms with E-state index in [4.69, 9.17) is 9.47 Å². The zero-order chi connectivity index (χ0) is 10.5. The van der Waals surface area contributed by atoms with E-state index in [0.29, 0.717) is 18.2 Å². The minimum Gasteiger partial charge on any atom is -0.381 e. The molecule has 2 fully saturated rings. The minimum atomic E-state index is 0.482. The van der Waals surface area contributed by atoms with Crippen LogP contribution < -0.4 is 5.32 Å². The van der Waals surface area contributed by atoms with Gasteiger partial charge in [0.15, 0.2) is 0 Å². The van der Waals surface area contributed by atoms with Crippen LogP contribution in [0.1, 0.15) is 38.5 Å². The predicted molar refractivity (Wildman–Crippen MR) is 60.0 cm³/mol. The van der Waals surface area contributed by atoms with Crippen LogP contribution in [0.5, 0.6) is 0 Å². The van der Waals surface area contributed by atoms with E-state index in [-0.39, 0.29) is 0 Å². The van der Waals surface area contributed by atoms with Crippen molar-refractivity contribution in [1.82, 2.24) is 5.32 Å². The van der Waals surface area contributed by atoms with Crippen molar-refractivity contribution in [2.24, 2.45) is 0 Å². The molecule has 3 nitrogen and oxygen atoms in total. The van der Waals surface area contributed by atoms with Crippen LogP contribution >= 0.6 is 0 Å². The summed E-state index contributed by atoms with van der Waals surface area (Å²) in [4.78, 5) is 0. The molecule has 0 aromatic heterocycles. The molecule has 3 heteroatoms. The van der Waals surface area contributed by atoms with Gasteiger partial charge in [-0.3, -0.25) is 0 Å². The Kier molecular flexibility index (Phi) is 4.42. The fraction of sp³-hybridized carbons (Fsp3) is 1.00. The molecule has 2 rings (SSSR count). The van der Waals surface area contributed by atoms with Gasteiger partial charge in [0.05, 0.1) is 6.10 Å². The summed E-state index contributed by atoms with van der Waals surface area (Å²) in [5, 5.41) is 3.76. The first-order chi connectivity index (χ1) is 7.38. The Labute approximate surface area is 92.5 Å². The molecule has 2 aliphatic rings. The molecule has 0 amide bonds. The van der Waals surface area contributed by atoms with Gasteiger partial charge in [-0.1, -0.05) is 0 Å². The van der Waals surface area contributed by atoms with Crippen molar-refractivity contribution < 1.29 is 9.47 Å². The average molecular weight is 213 g/mol. The molecule has 0 aromatic rings. The van der Waals surface area contributed by atoms with Crippen molar-refractivity contribution in [2.45, 2.75) is 56.7 Å². The van der Waals surface area contributed by atoms with Crippen molar-refractivity contribution in [3.63, 3.8) is 0 Å². The average Bonchev–Trinajstić information content (AvgIpc) is 2.31. The molecule has 15 heavy (non-hydrogen) atoms. The molecule has 0 bridgehead atoms. The lowest BCUT2D eigenvalue weighted by molar-refractivity contribution is 0.0447. The van der Waals surface area contributed by atoms with Crippen LogP contribution in [-0.4, -0.2) is 38.5 Å². The molecule has 1 saturated heterocycles. The number of methoxy groups -OCH3 is 1. The minimum absolute atomic E-state index is 0.482. The summed E-state index contributed by atoms with van der Waals surface area (Å²) in [5.74, 6) is 0. The molecule has 0 aromatic carbocycles. The van der Waals surface area contributed by atoms with E-state index < -0.39 is 0 Å². The summed E-state index contributed by atoms with van der Waals surface area (Å²) in [6.45, 7) is 1.86. The summed E-state index contributed by atoms with van der Waals surface area (Å²) < 4.78 is 10.8. The highest BCUT2D eigenvalue weighted by Gasteiger charge is 2.24. The summed E-state index contributed by atoms with van der Waals surface area (Å²) in [6.07, 6.45) is 7.88. The monoisotopic (exact) mass is 213 g/mol. The molecule has 1 saturated carbocycles. The van der Waals surface area contributed by atoms with E-state index >= 15 is 0 Å². The van der Waals surface area contributed by atoms with Crippen molar-refractivity contribution in [3.8, 4) is 0 Å². The number of ether oxygens (including phenoxy) is 2. The summed E-state index contributed by atoms with van der Waals surface area (Å²) in [6, 6.07) is 1.35. The molecule has 1 aliphatic carbocycles. The molecular weight excluding hydrogens is 190 g/mol. The highest BCUT2D eigenvalue weighted by atomic mass is 16.5. The lowest BCUT2D eigenvalue weighted by atomic mass is 9.91. The Hall–Kier alpha value is -0.120. The van der Waals surface area contributed by atoms with Crippen molar-refractivity contribution in [2.75, 3.05) is 20.3 Å². The lowest BCUT2D eigenvalue weighted by Gasteiger charge is -2.33. The van der Waals surface area contributed by atoms with Gasteiger partial charge in [-0.2, -0.15) is 0 Å². The fourth-order valence-electron chi connectivity index (χ4n) is 2.71. The van der Waals surface area contributed by atoms with E-state index in [1.54, 1.807) is 0 Å². The van der Waals surface area contributed by atoms with Crippen molar-refractivity contribution in [1.29, 1.82) is 0 Å². The maximum atomic E-state index is 5.45. The van der Waals surface area contributed by atoms with Gasteiger partial charge < -0.3 is 14.8 Å². The van der Waals surface area contributed by atoms with Crippen LogP contribution in [0.25, 0.3) is 0 Å². The first kappa shape index (κ1) is 11.4. The largest absolute Gasteiger partial charge is 0.381 e. The Balaban J connectivity index is 1.72. The molecule has 88 valence electrons. The van der Waals surface area contributed by atoms with Gasteiger partial charge in [0, 0.05) is 32.4 Å². The lowest BCUT2D eigenvalue weighted by Crippen LogP contribution is -2.44. The standard InChI is InChI=1S/C12H23NO2/c1-14-12-4-2-3-11(9-12)13-10-5-7-15-8-6-10/h10-13H,2-9H2,1H3. The maximum Gasteiger partial charge on any atom is 0.0586 e. The third-order valence-electron chi connectivity index (χ3n) is 3.65. The number of hydrogen-bond acceptors (Lipinski definition) is 3. The van der Waals surface area contributed by atoms with Crippen LogP contribution in [0.2, 0.25) is 0 Å². The van der Waals surface area contributed by atoms with Gasteiger partial charge in [-0.15, -0.1) is 0 Å². The molecule has 1 heterocycles. The van der Waals surface area contributed by atoms with Gasteiger partial charge in [0.2, 0.25) is 0 Å². The van der Waals surface area contributed by atoms with Gasteiger partial charge in [-0.05, 0) is 38.5 Å². The van der Waals surface area contributed by atoms with Crippen molar-refractivity contribution in [3.05, 3.63) is 0 Å². The number of rotatable bonds is 3. The SMILES string of the molecule is COC1CCCC(NC2CCOCC2)C1. The molecule has 1 aliphatic heterocycles. The smallest absolute Gasteiger partial charge is 0.0586 e. The quantitative estimate of drug-likeness (QED) is 0.774. The Morgan fingerprint density at radius 3 is 2.60 bits per heavy atom. The second kappa shape index (κ2) is 5.83. The Morgan fingerprint density at radius 1 is 1.07 bits per heavy atom. The molecule has 0 radical (unpaired) electrons. The predicted octanol–water partition coefficient (Wildman–Crippen LogP) is 1.71. The molecule has 1 N–H and O–H groups in total. The van der Waals surface area contributed by atoms with E-state index in [9.17, 15) is 0 Å². The molecule has 2 atom stereocenters. The molecular formula is C12H23NO2. The Bertz CT molecular complexity index is 180. The zero-order valence-corrected chi connectivity index (χ0v) is 9.71. The third-order valence-corrected chi connectivity index (χ3v) is 3.65. The van der Waals surface area contributed by atoms with Crippen LogP contribution in [-0.2, 0) is 9.47 Å². The third kappa shape index (κ3) is 3.44. The molecule has 0 spiro atoms. The van der Waals surface area contributed by atoms with Crippen molar-refractivity contribution >= 4 is 0 Å². The van der Waals surface area contributed by atoms with E-state index in [1.807, 2.05) is 7.11 Å². The first-order valence-corrected chi connectivity index (χ1v) is 6.25. The second-order valence-corrected chi connectivity index (χ2v) is 4.77. The fourth-order valence-corrected chi connectivity index (χ4v) is 2.71. The van der Waals surface area contributed by atoms with Gasteiger partial charge in [-0.25, -0.2) is 0 Å². The van der Waals surface area contributed by atoms with Crippen LogP contribution in [0.15, 0.2) is 0 Å². The number of hydrogen-bond donors (Lipinski definition) is 1. The van der Waals surface area contributed by atoms with E-state index in [0.717, 1.165) is 13.2 Å². The van der Waals surface area contributed by atoms with E-state index in [2.05, 4.69) is 5.32 Å². The van der Waals surface area contributed by atoms with Gasteiger partial charge in [0.1, 0.15) is 0 Å². The highest BCUT2D eigenvalue weighted by Crippen LogP contribution is 2.22. The maximum absolute atomic E-state index is 5.45. The summed E-state index contributed by atoms with van der Waals surface area (Å²) in [5.41, 5.74) is 0. The summed E-state index contributed by atoms with van der Waals surface area (Å²) in [7, 11) is 1.83. The topological polar surface area (TPSA) is 30.5 Å². The summed E-state index contributed by atoms with van der Waals surface area (Å²) >= 11 is 0. The van der Waals surface area contributed by atoms with Crippen LogP contribution in [0.4, 0.5) is 0 Å².